The van der Waals surface area contributed by atoms with Crippen LogP contribution in [0.4, 0.5) is 4.39 Å². The summed E-state index contributed by atoms with van der Waals surface area (Å²) >= 11 is 0. The van der Waals surface area contributed by atoms with Gasteiger partial charge >= 0.3 is 0 Å². The van der Waals surface area contributed by atoms with Crippen LogP contribution in [-0.2, 0) is 14.3 Å². The van der Waals surface area contributed by atoms with Crippen molar-refractivity contribution in [3.63, 3.8) is 0 Å². The predicted molar refractivity (Wildman–Crippen MR) is 56.2 cm³/mol. The predicted octanol–water partition coefficient (Wildman–Crippen LogP) is 1.40. The van der Waals surface area contributed by atoms with Gasteiger partial charge in [0.2, 0.25) is 0 Å². The van der Waals surface area contributed by atoms with E-state index in [2.05, 4.69) is 10.1 Å². The molecule has 0 aliphatic rings. The van der Waals surface area contributed by atoms with Crippen molar-refractivity contribution < 1.29 is 17.0 Å². The van der Waals surface area contributed by atoms with Crippen molar-refractivity contribution in [2.75, 3.05) is 13.4 Å². The Morgan fingerprint density at radius 3 is 2.13 bits per heavy atom. The summed E-state index contributed by atoms with van der Waals surface area (Å²) in [5.41, 5.74) is 0.317. The highest BCUT2D eigenvalue weighted by atomic mass is 32.2. The first-order valence-corrected chi connectivity index (χ1v) is 5.69. The van der Waals surface area contributed by atoms with E-state index in [1.165, 1.54) is 6.07 Å². The summed E-state index contributed by atoms with van der Waals surface area (Å²) in [5.74, 6) is 1.89. The van der Waals surface area contributed by atoms with Gasteiger partial charge < -0.3 is 0 Å². The van der Waals surface area contributed by atoms with Crippen LogP contribution in [-0.4, -0.2) is 21.8 Å². The van der Waals surface area contributed by atoms with Gasteiger partial charge in [0, 0.05) is 0 Å². The van der Waals surface area contributed by atoms with Crippen molar-refractivity contribution in [3.05, 3.63) is 35.6 Å². The smallest absolute Gasteiger partial charge is 0.264 e. The molecule has 0 radical (unpaired) electrons. The summed E-state index contributed by atoms with van der Waals surface area (Å²) in [4.78, 5) is 0. The molecule has 0 amide bonds. The maximum absolute atomic E-state index is 12.4. The normalized spacial score (nSPS) is 9.73. The van der Waals surface area contributed by atoms with Crippen molar-refractivity contribution in [2.45, 2.75) is 0 Å². The summed E-state index contributed by atoms with van der Waals surface area (Å²) < 4.78 is 35.9. The van der Waals surface area contributed by atoms with Gasteiger partial charge in [0.1, 0.15) is 5.82 Å². The fourth-order valence-electron chi connectivity index (χ4n) is 0.578. The first-order valence-electron chi connectivity index (χ1n) is 3.87. The van der Waals surface area contributed by atoms with Gasteiger partial charge in [0.25, 0.3) is 10.1 Å². The van der Waals surface area contributed by atoms with Crippen LogP contribution in [0.1, 0.15) is 5.56 Å². The molecule has 0 N–H and O–H groups in total. The molecule has 82 valence electrons. The molecule has 0 atom stereocenters. The van der Waals surface area contributed by atoms with Crippen LogP contribution in [0.5, 0.6) is 0 Å². The third kappa shape index (κ3) is 6.66. The summed E-state index contributed by atoms with van der Waals surface area (Å²) in [7, 11) is -2.04. The molecule has 15 heavy (non-hydrogen) atoms. The number of halogens is 1. The van der Waals surface area contributed by atoms with Crippen molar-refractivity contribution in [3.8, 4) is 12.3 Å². The summed E-state index contributed by atoms with van der Waals surface area (Å²) in [6.07, 6.45) is 5.95. The lowest BCUT2D eigenvalue weighted by Crippen LogP contribution is -1.95. The zero-order valence-electron chi connectivity index (χ0n) is 8.40. The molecule has 0 fully saturated rings. The molecule has 0 unspecified atom stereocenters. The molecular formula is C10H11FO3S. The Hall–Kier alpha value is -1.38. The topological polar surface area (TPSA) is 43.4 Å². The summed E-state index contributed by atoms with van der Waals surface area (Å²) in [6.45, 7) is 0. The van der Waals surface area contributed by atoms with Crippen molar-refractivity contribution in [2.24, 2.45) is 0 Å². The average molecular weight is 230 g/mol. The van der Waals surface area contributed by atoms with Crippen LogP contribution in [0.3, 0.4) is 0 Å². The molecule has 0 spiro atoms. The van der Waals surface area contributed by atoms with Crippen molar-refractivity contribution in [1.29, 1.82) is 0 Å². The van der Waals surface area contributed by atoms with E-state index in [1.54, 1.807) is 18.2 Å². The number of rotatable bonds is 1. The molecule has 0 heterocycles. The lowest BCUT2D eigenvalue weighted by Gasteiger charge is -1.88. The lowest BCUT2D eigenvalue weighted by atomic mass is 10.2. The maximum Gasteiger partial charge on any atom is 0.264 e. The fraction of sp³-hybridized carbons (Fsp3) is 0.200. The molecule has 0 aliphatic heterocycles. The van der Waals surface area contributed by atoms with E-state index in [-0.39, 0.29) is 5.82 Å². The third-order valence-corrected chi connectivity index (χ3v) is 1.94. The van der Waals surface area contributed by atoms with Gasteiger partial charge in [0.05, 0.1) is 18.9 Å². The summed E-state index contributed by atoms with van der Waals surface area (Å²) in [5, 5.41) is 0. The standard InChI is InChI=1S/C8H5F.C2H6O3S/c1-2-7-5-3-4-6-8(7)9;1-5-6(2,3)4/h1,3-6H;1-2H3. The van der Waals surface area contributed by atoms with E-state index in [9.17, 15) is 12.8 Å². The minimum absolute atomic E-state index is 0.317. The Balaban J connectivity index is 0.000000288. The van der Waals surface area contributed by atoms with Gasteiger partial charge in [-0.3, -0.25) is 4.18 Å². The zero-order chi connectivity index (χ0) is 11.9. The van der Waals surface area contributed by atoms with Gasteiger partial charge in [-0.05, 0) is 12.1 Å². The lowest BCUT2D eigenvalue weighted by molar-refractivity contribution is 0.403. The van der Waals surface area contributed by atoms with E-state index >= 15 is 0 Å². The number of hydrogen-bond acceptors (Lipinski definition) is 3. The molecule has 0 saturated carbocycles. The number of hydrogen-bond donors (Lipinski definition) is 0. The first-order chi connectivity index (χ1) is 6.90. The first kappa shape index (κ1) is 13.6. The Labute approximate surface area is 89.0 Å². The Morgan fingerprint density at radius 1 is 1.40 bits per heavy atom. The van der Waals surface area contributed by atoms with E-state index < -0.39 is 10.1 Å². The Bertz CT molecular complexity index is 446. The molecule has 1 aromatic rings. The van der Waals surface area contributed by atoms with Crippen LogP contribution in [0.25, 0.3) is 0 Å². The van der Waals surface area contributed by atoms with E-state index in [1.807, 2.05) is 0 Å². The monoisotopic (exact) mass is 230 g/mol. The van der Waals surface area contributed by atoms with Gasteiger partial charge in [-0.25, -0.2) is 4.39 Å². The highest BCUT2D eigenvalue weighted by Crippen LogP contribution is 2.02. The molecule has 5 heteroatoms. The third-order valence-electron chi connectivity index (χ3n) is 1.33. The maximum atomic E-state index is 12.4. The fourth-order valence-corrected chi connectivity index (χ4v) is 0.578. The van der Waals surface area contributed by atoms with Crippen LogP contribution >= 0.6 is 0 Å². The second-order valence-electron chi connectivity index (χ2n) is 2.49. The Morgan fingerprint density at radius 2 is 1.87 bits per heavy atom. The molecule has 0 aliphatic carbocycles. The second kappa shape index (κ2) is 6.17. The molecule has 0 aromatic heterocycles. The van der Waals surface area contributed by atoms with Gasteiger partial charge in [0.15, 0.2) is 0 Å². The highest BCUT2D eigenvalue weighted by molar-refractivity contribution is 7.85. The van der Waals surface area contributed by atoms with Crippen LogP contribution < -0.4 is 0 Å². The van der Waals surface area contributed by atoms with Crippen LogP contribution in [0.15, 0.2) is 24.3 Å². The Kier molecular flexibility index (Phi) is 5.60. The SMILES string of the molecule is C#Cc1ccccc1F.COS(C)(=O)=O. The number of benzene rings is 1. The molecule has 1 aromatic carbocycles. The van der Waals surface area contributed by atoms with Crippen LogP contribution in [0.2, 0.25) is 0 Å². The largest absolute Gasteiger partial charge is 0.274 e. The quantitative estimate of drug-likeness (QED) is 0.541. The zero-order valence-corrected chi connectivity index (χ0v) is 9.21. The van der Waals surface area contributed by atoms with Crippen LogP contribution in [0, 0.1) is 18.2 Å². The van der Waals surface area contributed by atoms with Gasteiger partial charge in [-0.15, -0.1) is 6.42 Å². The minimum Gasteiger partial charge on any atom is -0.274 e. The van der Waals surface area contributed by atoms with Gasteiger partial charge in [-0.2, -0.15) is 8.42 Å². The second-order valence-corrected chi connectivity index (χ2v) is 4.24. The van der Waals surface area contributed by atoms with Crippen molar-refractivity contribution >= 4 is 10.1 Å². The highest BCUT2D eigenvalue weighted by Gasteiger charge is 1.92. The van der Waals surface area contributed by atoms with E-state index in [0.717, 1.165) is 13.4 Å². The summed E-state index contributed by atoms with van der Waals surface area (Å²) in [6, 6.07) is 6.22. The van der Waals surface area contributed by atoms with Crippen molar-refractivity contribution in [1.82, 2.24) is 0 Å². The minimum atomic E-state index is -3.16. The average Bonchev–Trinajstić information content (AvgIpc) is 2.18. The molecule has 1 rings (SSSR count). The van der Waals surface area contributed by atoms with E-state index in [0.29, 0.717) is 5.56 Å². The molecule has 0 saturated heterocycles. The number of terminal acetylenes is 1. The molecular weight excluding hydrogens is 219 g/mol. The molecule has 0 bridgehead atoms. The van der Waals surface area contributed by atoms with E-state index in [4.69, 9.17) is 6.42 Å². The molecule has 3 nitrogen and oxygen atoms in total. The van der Waals surface area contributed by atoms with Gasteiger partial charge in [-0.1, -0.05) is 18.1 Å².